The number of rotatable bonds is 8. The van der Waals surface area contributed by atoms with Crippen molar-refractivity contribution in [3.8, 4) is 0 Å². The number of benzene rings is 1. The molecule has 5 nitrogen and oxygen atoms in total. The third-order valence-corrected chi connectivity index (χ3v) is 2.81. The predicted octanol–water partition coefficient (Wildman–Crippen LogP) is 3.10. The monoisotopic (exact) mass is 263 g/mol. The average Bonchev–Trinajstić information content (AvgIpc) is 2.46. The van der Waals surface area contributed by atoms with Gasteiger partial charge in [-0.05, 0) is 12.8 Å². The molecule has 0 amide bonds. The second kappa shape index (κ2) is 8.16. The maximum atomic E-state index is 11.9. The van der Waals surface area contributed by atoms with E-state index in [0.717, 1.165) is 6.42 Å². The summed E-state index contributed by atoms with van der Waals surface area (Å²) >= 11 is 0. The van der Waals surface area contributed by atoms with Gasteiger partial charge in [0.15, 0.2) is 12.1 Å². The van der Waals surface area contributed by atoms with Crippen LogP contribution in [0, 0.1) is 5.41 Å². The molecule has 2 N–H and O–H groups in total. The minimum Gasteiger partial charge on any atom is -0.325 e. The third-order valence-electron chi connectivity index (χ3n) is 2.81. The van der Waals surface area contributed by atoms with Crippen molar-refractivity contribution >= 4 is 18.0 Å². The quantitative estimate of drug-likeness (QED) is 0.143. The lowest BCUT2D eigenvalue weighted by atomic mass is 10.00. The molecule has 0 aromatic heterocycles. The second-order valence-electron chi connectivity index (χ2n) is 4.20. The van der Waals surface area contributed by atoms with Crippen LogP contribution in [0.1, 0.15) is 52.8 Å². The molecular formula is C14H17NO4. The highest BCUT2D eigenvalue weighted by Crippen LogP contribution is 2.12. The molecule has 0 saturated carbocycles. The average molecular weight is 263 g/mol. The van der Waals surface area contributed by atoms with E-state index >= 15 is 0 Å². The highest BCUT2D eigenvalue weighted by Gasteiger charge is 2.09. The number of carbonyl (C=O) groups is 2. The molecule has 0 atom stereocenters. The lowest BCUT2D eigenvalue weighted by Crippen LogP contribution is -2.03. The molecule has 1 aromatic carbocycles. The fourth-order valence-electron chi connectivity index (χ4n) is 1.78. The van der Waals surface area contributed by atoms with E-state index in [9.17, 15) is 9.59 Å². The fourth-order valence-corrected chi connectivity index (χ4v) is 1.78. The van der Waals surface area contributed by atoms with Crippen LogP contribution in [0.5, 0.6) is 0 Å². The first kappa shape index (κ1) is 15.0. The minimum absolute atomic E-state index is 0.0452. The number of hydrogen-bond donors (Lipinski definition) is 2. The Morgan fingerprint density at radius 1 is 1.21 bits per heavy atom. The van der Waals surface area contributed by atoms with Crippen LogP contribution < -0.4 is 0 Å². The predicted molar refractivity (Wildman–Crippen MR) is 70.7 cm³/mol. The van der Waals surface area contributed by atoms with Crippen molar-refractivity contribution in [3.05, 3.63) is 35.4 Å². The van der Waals surface area contributed by atoms with E-state index in [0.29, 0.717) is 43.1 Å². The van der Waals surface area contributed by atoms with E-state index in [1.54, 1.807) is 24.3 Å². The first-order valence-corrected chi connectivity index (χ1v) is 6.15. The molecule has 1 rings (SSSR count). The summed E-state index contributed by atoms with van der Waals surface area (Å²) < 4.78 is 0. The molecule has 0 aliphatic carbocycles. The van der Waals surface area contributed by atoms with Crippen LogP contribution in [-0.4, -0.2) is 23.2 Å². The van der Waals surface area contributed by atoms with Gasteiger partial charge in [-0.3, -0.25) is 15.0 Å². The van der Waals surface area contributed by atoms with Gasteiger partial charge in [0.2, 0.25) is 5.90 Å². The van der Waals surface area contributed by atoms with E-state index in [-0.39, 0.29) is 11.7 Å². The SMILES string of the molecule is N=C(CCCCCC(=O)c1ccccc1C=O)OO. The highest BCUT2D eigenvalue weighted by atomic mass is 17.1. The molecule has 102 valence electrons. The molecular weight excluding hydrogens is 246 g/mol. The van der Waals surface area contributed by atoms with Gasteiger partial charge in [-0.2, -0.15) is 0 Å². The summed E-state index contributed by atoms with van der Waals surface area (Å²) in [4.78, 5) is 26.5. The summed E-state index contributed by atoms with van der Waals surface area (Å²) in [6, 6.07) is 6.74. The van der Waals surface area contributed by atoms with E-state index in [1.807, 2.05) is 0 Å². The van der Waals surface area contributed by atoms with Crippen LogP contribution in [0.3, 0.4) is 0 Å². The molecule has 5 heteroatoms. The van der Waals surface area contributed by atoms with Crippen molar-refractivity contribution in [2.45, 2.75) is 32.1 Å². The van der Waals surface area contributed by atoms with Gasteiger partial charge in [0.05, 0.1) is 0 Å². The van der Waals surface area contributed by atoms with E-state index in [2.05, 4.69) is 4.89 Å². The summed E-state index contributed by atoms with van der Waals surface area (Å²) in [6.45, 7) is 0. The third kappa shape index (κ3) is 5.01. The molecule has 19 heavy (non-hydrogen) atoms. The van der Waals surface area contributed by atoms with Gasteiger partial charge in [-0.15, -0.1) is 0 Å². The number of ketones is 1. The molecule has 0 radical (unpaired) electrons. The largest absolute Gasteiger partial charge is 0.325 e. The Kier molecular flexibility index (Phi) is 6.46. The standard InChI is InChI=1S/C14H17NO4/c15-14(19-18)9-3-1-2-8-13(17)12-7-5-4-6-11(12)10-16/h4-7,10,15,18H,1-3,8-9H2. The van der Waals surface area contributed by atoms with Crippen LogP contribution in [0.4, 0.5) is 0 Å². The second-order valence-corrected chi connectivity index (χ2v) is 4.20. The Hall–Kier alpha value is -2.01. The molecule has 0 heterocycles. The minimum atomic E-state index is -0.169. The van der Waals surface area contributed by atoms with Gasteiger partial charge >= 0.3 is 0 Å². The Labute approximate surface area is 111 Å². The fraction of sp³-hybridized carbons (Fsp3) is 0.357. The topological polar surface area (TPSA) is 87.5 Å². The molecule has 0 bridgehead atoms. The number of aldehydes is 1. The Morgan fingerprint density at radius 3 is 2.58 bits per heavy atom. The molecule has 0 aliphatic heterocycles. The van der Waals surface area contributed by atoms with Gasteiger partial charge < -0.3 is 4.89 Å². The van der Waals surface area contributed by atoms with Crippen LogP contribution >= 0.6 is 0 Å². The van der Waals surface area contributed by atoms with Crippen molar-refractivity contribution in [1.29, 1.82) is 5.41 Å². The summed E-state index contributed by atoms with van der Waals surface area (Å²) in [7, 11) is 0. The van der Waals surface area contributed by atoms with Gasteiger partial charge in [-0.25, -0.2) is 5.26 Å². The first-order valence-electron chi connectivity index (χ1n) is 6.15. The molecule has 0 aliphatic rings. The number of hydrogen-bond acceptors (Lipinski definition) is 5. The van der Waals surface area contributed by atoms with Gasteiger partial charge in [0.1, 0.15) is 0 Å². The highest BCUT2D eigenvalue weighted by molar-refractivity contribution is 6.02. The number of unbranched alkanes of at least 4 members (excludes halogenated alkanes) is 2. The van der Waals surface area contributed by atoms with Gasteiger partial charge in [0.25, 0.3) is 0 Å². The van der Waals surface area contributed by atoms with Crippen molar-refractivity contribution in [2.75, 3.05) is 0 Å². The van der Waals surface area contributed by atoms with Crippen molar-refractivity contribution < 1.29 is 19.7 Å². The maximum absolute atomic E-state index is 11.9. The lowest BCUT2D eigenvalue weighted by Gasteiger charge is -2.04. The van der Waals surface area contributed by atoms with Crippen LogP contribution in [0.15, 0.2) is 24.3 Å². The number of carbonyl (C=O) groups excluding carboxylic acids is 2. The molecule has 0 fully saturated rings. The zero-order valence-electron chi connectivity index (χ0n) is 10.6. The van der Waals surface area contributed by atoms with Crippen LogP contribution in [0.25, 0.3) is 0 Å². The molecule has 0 spiro atoms. The zero-order valence-corrected chi connectivity index (χ0v) is 10.6. The zero-order chi connectivity index (χ0) is 14.1. The Morgan fingerprint density at radius 2 is 1.89 bits per heavy atom. The summed E-state index contributed by atoms with van der Waals surface area (Å²) in [5.74, 6) is -0.214. The van der Waals surface area contributed by atoms with Gasteiger partial charge in [-0.1, -0.05) is 30.7 Å². The van der Waals surface area contributed by atoms with Gasteiger partial charge in [0, 0.05) is 24.0 Å². The van der Waals surface area contributed by atoms with E-state index < -0.39 is 0 Å². The lowest BCUT2D eigenvalue weighted by molar-refractivity contribution is -0.158. The smallest absolute Gasteiger partial charge is 0.224 e. The number of Topliss-reactive ketones (excluding diaryl/α,β-unsaturated/α-hetero) is 1. The van der Waals surface area contributed by atoms with Crippen molar-refractivity contribution in [2.24, 2.45) is 0 Å². The van der Waals surface area contributed by atoms with E-state index in [1.165, 1.54) is 0 Å². The van der Waals surface area contributed by atoms with Crippen molar-refractivity contribution in [3.63, 3.8) is 0 Å². The Balaban J connectivity index is 2.35. The normalized spacial score (nSPS) is 9.95. The molecule has 1 aromatic rings. The van der Waals surface area contributed by atoms with Crippen LogP contribution in [-0.2, 0) is 4.89 Å². The summed E-state index contributed by atoms with van der Waals surface area (Å²) in [5, 5.41) is 15.2. The maximum Gasteiger partial charge on any atom is 0.224 e. The summed E-state index contributed by atoms with van der Waals surface area (Å²) in [5.41, 5.74) is 0.881. The number of nitrogens with one attached hydrogen (secondary N) is 1. The van der Waals surface area contributed by atoms with Crippen molar-refractivity contribution in [1.82, 2.24) is 0 Å². The molecule has 0 saturated heterocycles. The first-order chi connectivity index (χ1) is 9.19. The van der Waals surface area contributed by atoms with E-state index in [4.69, 9.17) is 10.7 Å². The summed E-state index contributed by atoms with van der Waals surface area (Å²) in [6.07, 6.45) is 3.55. The molecule has 0 unspecified atom stereocenters. The van der Waals surface area contributed by atoms with Crippen LogP contribution in [0.2, 0.25) is 0 Å². The Bertz CT molecular complexity index is 457.